The minimum Gasteiger partial charge on any atom is -0.484 e. The highest BCUT2D eigenvalue weighted by Gasteiger charge is 2.27. The van der Waals surface area contributed by atoms with E-state index >= 15 is 0 Å². The number of ketones is 1. The number of Topliss-reactive ketones (excluding diaryl/α,β-unsaturated/α-hetero) is 1. The first-order chi connectivity index (χ1) is 10.1. The zero-order valence-electron chi connectivity index (χ0n) is 11.5. The van der Waals surface area contributed by atoms with Crippen molar-refractivity contribution in [1.29, 1.82) is 0 Å². The Bertz CT molecular complexity index is 688. The van der Waals surface area contributed by atoms with E-state index in [9.17, 15) is 9.59 Å². The second kappa shape index (κ2) is 5.40. The fourth-order valence-corrected chi connectivity index (χ4v) is 2.38. The molecule has 4 nitrogen and oxygen atoms in total. The van der Waals surface area contributed by atoms with Crippen LogP contribution in [0.5, 0.6) is 11.5 Å². The molecule has 0 radical (unpaired) electrons. The predicted octanol–water partition coefficient (Wildman–Crippen LogP) is 3.32. The summed E-state index contributed by atoms with van der Waals surface area (Å²) in [5.41, 5.74) is 1.51. The highest BCUT2D eigenvalue weighted by Crippen LogP contribution is 2.34. The molecule has 1 heterocycles. The lowest BCUT2D eigenvalue weighted by Gasteiger charge is -2.25. The highest BCUT2D eigenvalue weighted by atomic mass is 16.5. The Labute approximate surface area is 122 Å². The van der Waals surface area contributed by atoms with Crippen LogP contribution in [0, 0.1) is 0 Å². The third-order valence-electron chi connectivity index (χ3n) is 3.34. The molecule has 0 bridgehead atoms. The Morgan fingerprint density at radius 3 is 2.57 bits per heavy atom. The summed E-state index contributed by atoms with van der Waals surface area (Å²) in [7, 11) is 0. The van der Waals surface area contributed by atoms with Crippen molar-refractivity contribution < 1.29 is 19.1 Å². The molecule has 1 aliphatic rings. The monoisotopic (exact) mass is 282 g/mol. The van der Waals surface area contributed by atoms with Gasteiger partial charge in [0.25, 0.3) is 0 Å². The number of carbonyl (C=O) groups excluding carboxylic acids is 2. The fourth-order valence-electron chi connectivity index (χ4n) is 2.38. The van der Waals surface area contributed by atoms with Gasteiger partial charge >= 0.3 is 5.97 Å². The van der Waals surface area contributed by atoms with Crippen LogP contribution in [0.2, 0.25) is 0 Å². The van der Waals surface area contributed by atoms with Gasteiger partial charge in [0.1, 0.15) is 17.6 Å². The summed E-state index contributed by atoms with van der Waals surface area (Å²) < 4.78 is 10.9. The zero-order valence-corrected chi connectivity index (χ0v) is 11.5. The van der Waals surface area contributed by atoms with Gasteiger partial charge in [0.05, 0.1) is 12.0 Å². The molecule has 106 valence electrons. The van der Waals surface area contributed by atoms with E-state index in [1.165, 1.54) is 6.92 Å². The number of fused-ring (bicyclic) bond motifs is 1. The standard InChI is InChI=1S/C17H14O4/c1-11(18)20-13-8-6-12(7-9-13)17-10-15(19)14-4-2-3-5-16(14)21-17/h2-9,17H,10H2,1H3/t17-/m0/s1. The lowest BCUT2D eigenvalue weighted by atomic mass is 9.96. The number of para-hydroxylation sites is 1. The van der Waals surface area contributed by atoms with Crippen molar-refractivity contribution in [3.63, 3.8) is 0 Å². The second-order valence-corrected chi connectivity index (χ2v) is 4.89. The van der Waals surface area contributed by atoms with Crippen molar-refractivity contribution >= 4 is 11.8 Å². The first kappa shape index (κ1) is 13.4. The van der Waals surface area contributed by atoms with Gasteiger partial charge in [-0.25, -0.2) is 0 Å². The summed E-state index contributed by atoms with van der Waals surface area (Å²) in [6, 6.07) is 14.3. The molecule has 0 spiro atoms. The maximum Gasteiger partial charge on any atom is 0.308 e. The van der Waals surface area contributed by atoms with E-state index in [1.807, 2.05) is 24.3 Å². The van der Waals surface area contributed by atoms with Crippen molar-refractivity contribution in [2.45, 2.75) is 19.4 Å². The molecule has 0 aromatic heterocycles. The van der Waals surface area contributed by atoms with Gasteiger partial charge in [-0.1, -0.05) is 24.3 Å². The van der Waals surface area contributed by atoms with Crippen molar-refractivity contribution in [3.8, 4) is 11.5 Å². The molecule has 21 heavy (non-hydrogen) atoms. The molecular formula is C17H14O4. The molecule has 0 N–H and O–H groups in total. The van der Waals surface area contributed by atoms with Crippen LogP contribution < -0.4 is 9.47 Å². The summed E-state index contributed by atoms with van der Waals surface area (Å²) in [4.78, 5) is 23.0. The van der Waals surface area contributed by atoms with Gasteiger partial charge in [-0.3, -0.25) is 9.59 Å². The van der Waals surface area contributed by atoms with Crippen LogP contribution >= 0.6 is 0 Å². The Kier molecular flexibility index (Phi) is 3.44. The van der Waals surface area contributed by atoms with Crippen molar-refractivity contribution in [1.82, 2.24) is 0 Å². The first-order valence-corrected chi connectivity index (χ1v) is 6.71. The molecule has 0 unspecified atom stereocenters. The van der Waals surface area contributed by atoms with Crippen molar-refractivity contribution in [2.75, 3.05) is 0 Å². The lowest BCUT2D eigenvalue weighted by molar-refractivity contribution is -0.131. The van der Waals surface area contributed by atoms with Gasteiger partial charge in [-0.15, -0.1) is 0 Å². The number of benzene rings is 2. The van der Waals surface area contributed by atoms with E-state index in [0.29, 0.717) is 23.5 Å². The maximum atomic E-state index is 12.1. The smallest absolute Gasteiger partial charge is 0.308 e. The van der Waals surface area contributed by atoms with E-state index in [1.54, 1.807) is 24.3 Å². The fraction of sp³-hybridized carbons (Fsp3) is 0.176. The topological polar surface area (TPSA) is 52.6 Å². The van der Waals surface area contributed by atoms with E-state index in [2.05, 4.69) is 0 Å². The average molecular weight is 282 g/mol. The second-order valence-electron chi connectivity index (χ2n) is 4.89. The van der Waals surface area contributed by atoms with E-state index in [-0.39, 0.29) is 17.9 Å². The van der Waals surface area contributed by atoms with Crippen LogP contribution in [-0.2, 0) is 4.79 Å². The van der Waals surface area contributed by atoms with Crippen LogP contribution in [0.15, 0.2) is 48.5 Å². The summed E-state index contributed by atoms with van der Waals surface area (Å²) >= 11 is 0. The molecule has 0 saturated heterocycles. The summed E-state index contributed by atoms with van der Waals surface area (Å²) in [6.45, 7) is 1.35. The van der Waals surface area contributed by atoms with E-state index in [0.717, 1.165) is 5.56 Å². The number of hydrogen-bond acceptors (Lipinski definition) is 4. The molecule has 0 amide bonds. The van der Waals surface area contributed by atoms with Crippen LogP contribution in [0.25, 0.3) is 0 Å². The molecule has 4 heteroatoms. The Hall–Kier alpha value is -2.62. The van der Waals surface area contributed by atoms with Gasteiger partial charge < -0.3 is 9.47 Å². The third kappa shape index (κ3) is 2.79. The lowest BCUT2D eigenvalue weighted by Crippen LogP contribution is -2.20. The summed E-state index contributed by atoms with van der Waals surface area (Å²) in [6.07, 6.45) is 0.00276. The van der Waals surface area contributed by atoms with Crippen molar-refractivity contribution in [2.24, 2.45) is 0 Å². The molecule has 2 aromatic carbocycles. The quantitative estimate of drug-likeness (QED) is 0.626. The molecule has 0 aliphatic carbocycles. The number of esters is 1. The van der Waals surface area contributed by atoms with Crippen molar-refractivity contribution in [3.05, 3.63) is 59.7 Å². The minimum atomic E-state index is -0.360. The summed E-state index contributed by atoms with van der Waals surface area (Å²) in [5, 5.41) is 0. The van der Waals surface area contributed by atoms with E-state index < -0.39 is 0 Å². The van der Waals surface area contributed by atoms with Crippen LogP contribution in [-0.4, -0.2) is 11.8 Å². The molecule has 1 atom stereocenters. The van der Waals surface area contributed by atoms with Gasteiger partial charge in [0.2, 0.25) is 0 Å². The zero-order chi connectivity index (χ0) is 14.8. The Morgan fingerprint density at radius 2 is 1.86 bits per heavy atom. The number of hydrogen-bond donors (Lipinski definition) is 0. The molecular weight excluding hydrogens is 268 g/mol. The van der Waals surface area contributed by atoms with Gasteiger partial charge in [-0.2, -0.15) is 0 Å². The van der Waals surface area contributed by atoms with Gasteiger partial charge in [0.15, 0.2) is 5.78 Å². The molecule has 0 fully saturated rings. The van der Waals surface area contributed by atoms with Crippen LogP contribution in [0.1, 0.15) is 35.4 Å². The maximum absolute atomic E-state index is 12.1. The van der Waals surface area contributed by atoms with E-state index in [4.69, 9.17) is 9.47 Å². The average Bonchev–Trinajstić information content (AvgIpc) is 2.47. The third-order valence-corrected chi connectivity index (χ3v) is 3.34. The molecule has 2 aromatic rings. The van der Waals surface area contributed by atoms with Crippen LogP contribution in [0.3, 0.4) is 0 Å². The highest BCUT2D eigenvalue weighted by molar-refractivity contribution is 5.99. The first-order valence-electron chi connectivity index (χ1n) is 6.71. The Balaban J connectivity index is 1.82. The number of ether oxygens (including phenoxy) is 2. The molecule has 3 rings (SSSR count). The number of carbonyl (C=O) groups is 2. The number of rotatable bonds is 2. The predicted molar refractivity (Wildman–Crippen MR) is 76.5 cm³/mol. The normalized spacial score (nSPS) is 16.8. The van der Waals surface area contributed by atoms with Crippen LogP contribution in [0.4, 0.5) is 0 Å². The largest absolute Gasteiger partial charge is 0.484 e. The minimum absolute atomic E-state index is 0.0749. The Morgan fingerprint density at radius 1 is 1.14 bits per heavy atom. The molecule has 0 saturated carbocycles. The van der Waals surface area contributed by atoms with Gasteiger partial charge in [-0.05, 0) is 29.8 Å². The van der Waals surface area contributed by atoms with Gasteiger partial charge in [0, 0.05) is 6.92 Å². The summed E-state index contributed by atoms with van der Waals surface area (Å²) in [5.74, 6) is 0.809. The SMILES string of the molecule is CC(=O)Oc1ccc([C@@H]2CC(=O)c3ccccc3O2)cc1. The molecule has 1 aliphatic heterocycles.